The number of anilines is 1. The Morgan fingerprint density at radius 1 is 1.21 bits per heavy atom. The lowest BCUT2D eigenvalue weighted by molar-refractivity contribution is -0.134. The van der Waals surface area contributed by atoms with Crippen LogP contribution in [0.3, 0.4) is 0 Å². The van der Waals surface area contributed by atoms with Crippen molar-refractivity contribution in [2.24, 2.45) is 0 Å². The molecule has 2 saturated heterocycles. The highest BCUT2D eigenvalue weighted by atomic mass is 19.1. The Labute approximate surface area is 190 Å². The molecular formula is C25H24FN5O2. The van der Waals surface area contributed by atoms with Crippen molar-refractivity contribution in [2.75, 3.05) is 18.0 Å². The zero-order valence-corrected chi connectivity index (χ0v) is 18.3. The van der Waals surface area contributed by atoms with Crippen molar-refractivity contribution in [1.29, 1.82) is 5.26 Å². The summed E-state index contributed by atoms with van der Waals surface area (Å²) in [4.78, 5) is 37.0. The highest BCUT2D eigenvalue weighted by Crippen LogP contribution is 2.33. The van der Waals surface area contributed by atoms with Crippen molar-refractivity contribution in [1.82, 2.24) is 14.9 Å². The average Bonchev–Trinajstić information content (AvgIpc) is 3.07. The lowest BCUT2D eigenvalue weighted by Gasteiger charge is -2.41. The van der Waals surface area contributed by atoms with Crippen LogP contribution in [-0.2, 0) is 11.2 Å². The van der Waals surface area contributed by atoms with E-state index in [-0.39, 0.29) is 23.6 Å². The lowest BCUT2D eigenvalue weighted by atomic mass is 10.0. The first-order valence-electron chi connectivity index (χ1n) is 11.2. The second kappa shape index (κ2) is 8.32. The standard InChI is InChI=1S/C25H24FN5O2/c1-15-8-17(26)9-22-21(15)10-18(29-25(22)33)3-7-24(32)31-19-4-5-20(31)14-30(13-19)23-6-2-16(11-27)12-28-23/h2,6,8-10,12,19-20H,3-5,7,13-14H2,1H3,(H,29,33). The van der Waals surface area contributed by atoms with Gasteiger partial charge in [-0.3, -0.25) is 9.59 Å². The molecule has 8 heteroatoms. The second-order valence-corrected chi connectivity index (χ2v) is 8.92. The fourth-order valence-electron chi connectivity index (χ4n) is 5.20. The summed E-state index contributed by atoms with van der Waals surface area (Å²) < 4.78 is 13.7. The van der Waals surface area contributed by atoms with Crippen molar-refractivity contribution in [2.45, 2.75) is 44.7 Å². The van der Waals surface area contributed by atoms with Gasteiger partial charge in [0.05, 0.1) is 10.9 Å². The number of aromatic amines is 1. The second-order valence-electron chi connectivity index (χ2n) is 8.92. The molecule has 1 N–H and O–H groups in total. The van der Waals surface area contributed by atoms with Gasteiger partial charge in [0.25, 0.3) is 5.56 Å². The van der Waals surface area contributed by atoms with Gasteiger partial charge >= 0.3 is 0 Å². The van der Waals surface area contributed by atoms with Crippen LogP contribution in [0.5, 0.6) is 0 Å². The van der Waals surface area contributed by atoms with Crippen molar-refractivity contribution >= 4 is 22.5 Å². The zero-order valence-electron chi connectivity index (χ0n) is 18.3. The van der Waals surface area contributed by atoms with Gasteiger partial charge in [-0.25, -0.2) is 9.37 Å². The summed E-state index contributed by atoms with van der Waals surface area (Å²) in [7, 11) is 0. The Kier molecular flexibility index (Phi) is 5.33. The van der Waals surface area contributed by atoms with Crippen LogP contribution in [0.1, 0.15) is 36.1 Å². The van der Waals surface area contributed by atoms with Crippen LogP contribution in [0.4, 0.5) is 10.2 Å². The van der Waals surface area contributed by atoms with Gasteiger partial charge < -0.3 is 14.8 Å². The molecule has 0 saturated carbocycles. The normalized spacial score (nSPS) is 19.7. The van der Waals surface area contributed by atoms with Crippen LogP contribution in [0, 0.1) is 24.1 Å². The minimum atomic E-state index is -0.431. The highest BCUT2D eigenvalue weighted by Gasteiger charge is 2.42. The maximum atomic E-state index is 13.7. The summed E-state index contributed by atoms with van der Waals surface area (Å²) >= 11 is 0. The summed E-state index contributed by atoms with van der Waals surface area (Å²) in [6.45, 7) is 3.22. The molecule has 2 bridgehead atoms. The van der Waals surface area contributed by atoms with Gasteiger partial charge in [-0.05, 0) is 67.5 Å². The molecular weight excluding hydrogens is 421 g/mol. The average molecular weight is 445 g/mol. The number of aryl methyl sites for hydroxylation is 2. The number of carbonyl (C=O) groups excluding carboxylic acids is 1. The van der Waals surface area contributed by atoms with Gasteiger partial charge in [-0.15, -0.1) is 0 Å². The van der Waals surface area contributed by atoms with Crippen LogP contribution in [0.2, 0.25) is 0 Å². The largest absolute Gasteiger partial charge is 0.352 e. The van der Waals surface area contributed by atoms with E-state index in [9.17, 15) is 14.0 Å². The molecule has 4 heterocycles. The molecule has 2 aliphatic heterocycles. The first-order chi connectivity index (χ1) is 15.9. The Hall–Kier alpha value is -3.73. The minimum Gasteiger partial charge on any atom is -0.352 e. The first kappa shape index (κ1) is 21.1. The van der Waals surface area contributed by atoms with E-state index in [0.29, 0.717) is 40.4 Å². The summed E-state index contributed by atoms with van der Waals surface area (Å²) in [5.41, 5.74) is 1.58. The van der Waals surface area contributed by atoms with Crippen LogP contribution >= 0.6 is 0 Å². The maximum absolute atomic E-state index is 13.7. The number of amides is 1. The molecule has 3 aromatic rings. The third-order valence-corrected chi connectivity index (χ3v) is 6.77. The van der Waals surface area contributed by atoms with Crippen molar-refractivity contribution in [3.63, 3.8) is 0 Å². The Balaban J connectivity index is 1.27. The molecule has 5 rings (SSSR count). The molecule has 1 amide bonds. The van der Waals surface area contributed by atoms with Crippen molar-refractivity contribution < 1.29 is 9.18 Å². The van der Waals surface area contributed by atoms with Crippen LogP contribution in [-0.4, -0.2) is 45.9 Å². The van der Waals surface area contributed by atoms with Crippen LogP contribution in [0.25, 0.3) is 10.8 Å². The van der Waals surface area contributed by atoms with E-state index in [4.69, 9.17) is 5.26 Å². The number of nitrogens with zero attached hydrogens (tertiary/aromatic N) is 4. The summed E-state index contributed by atoms with van der Waals surface area (Å²) in [5, 5.41) is 10.0. The fraction of sp³-hybridized carbons (Fsp3) is 0.360. The third kappa shape index (κ3) is 3.95. The lowest BCUT2D eigenvalue weighted by Crippen LogP contribution is -2.56. The predicted molar refractivity (Wildman–Crippen MR) is 122 cm³/mol. The quantitative estimate of drug-likeness (QED) is 0.666. The molecule has 2 unspecified atom stereocenters. The van der Waals surface area contributed by atoms with Gasteiger partial charge in [-0.1, -0.05) is 0 Å². The Morgan fingerprint density at radius 3 is 2.64 bits per heavy atom. The van der Waals surface area contributed by atoms with Crippen molar-refractivity contribution in [3.05, 3.63) is 69.5 Å². The van der Waals surface area contributed by atoms with Gasteiger partial charge in [0.2, 0.25) is 5.91 Å². The number of carbonyl (C=O) groups is 1. The summed E-state index contributed by atoms with van der Waals surface area (Å²) in [6, 6.07) is 10.5. The predicted octanol–water partition coefficient (Wildman–Crippen LogP) is 3.05. The molecule has 2 fully saturated rings. The van der Waals surface area contributed by atoms with Crippen LogP contribution in [0.15, 0.2) is 41.3 Å². The number of nitrogens with one attached hydrogen (secondary N) is 1. The van der Waals surface area contributed by atoms with Gasteiger partial charge in [0.15, 0.2) is 0 Å². The third-order valence-electron chi connectivity index (χ3n) is 6.77. The Bertz CT molecular complexity index is 1310. The fourth-order valence-corrected chi connectivity index (χ4v) is 5.20. The SMILES string of the molecule is Cc1cc(F)cc2c(=O)[nH]c(CCC(=O)N3C4CCC3CN(c3ccc(C#N)cn3)C4)cc12. The number of halogens is 1. The monoisotopic (exact) mass is 445 g/mol. The van der Waals surface area contributed by atoms with E-state index < -0.39 is 5.82 Å². The molecule has 168 valence electrons. The molecule has 0 radical (unpaired) electrons. The number of pyridine rings is 2. The molecule has 0 spiro atoms. The van der Waals surface area contributed by atoms with Gasteiger partial charge in [0.1, 0.15) is 17.7 Å². The molecule has 2 aliphatic rings. The number of hydrogen-bond donors (Lipinski definition) is 1. The van der Waals surface area contributed by atoms with E-state index in [1.807, 2.05) is 17.0 Å². The topological polar surface area (TPSA) is 93.1 Å². The minimum absolute atomic E-state index is 0.0895. The molecule has 33 heavy (non-hydrogen) atoms. The Morgan fingerprint density at radius 2 is 1.97 bits per heavy atom. The van der Waals surface area contributed by atoms with E-state index in [2.05, 4.69) is 20.9 Å². The zero-order chi connectivity index (χ0) is 23.1. The number of nitriles is 1. The van der Waals surface area contributed by atoms with E-state index in [1.165, 1.54) is 12.1 Å². The number of aromatic nitrogens is 2. The van der Waals surface area contributed by atoms with E-state index in [0.717, 1.165) is 31.7 Å². The number of fused-ring (bicyclic) bond motifs is 3. The highest BCUT2D eigenvalue weighted by molar-refractivity contribution is 5.85. The molecule has 0 aliphatic carbocycles. The number of piperazine rings is 1. The number of benzene rings is 1. The molecule has 2 aromatic heterocycles. The number of rotatable bonds is 4. The molecule has 2 atom stereocenters. The molecule has 7 nitrogen and oxygen atoms in total. The van der Waals surface area contributed by atoms with E-state index >= 15 is 0 Å². The number of H-pyrrole nitrogens is 1. The first-order valence-corrected chi connectivity index (χ1v) is 11.2. The molecule has 1 aromatic carbocycles. The van der Waals surface area contributed by atoms with Crippen molar-refractivity contribution in [3.8, 4) is 6.07 Å². The number of hydrogen-bond acceptors (Lipinski definition) is 5. The van der Waals surface area contributed by atoms with Crippen LogP contribution < -0.4 is 10.5 Å². The smallest absolute Gasteiger partial charge is 0.256 e. The van der Waals surface area contributed by atoms with E-state index in [1.54, 1.807) is 19.2 Å². The maximum Gasteiger partial charge on any atom is 0.256 e. The van der Waals surface area contributed by atoms with Gasteiger partial charge in [0, 0.05) is 43.5 Å². The van der Waals surface area contributed by atoms with Gasteiger partial charge in [-0.2, -0.15) is 5.26 Å². The summed E-state index contributed by atoms with van der Waals surface area (Å²) in [6.07, 6.45) is 4.23. The summed E-state index contributed by atoms with van der Waals surface area (Å²) in [5.74, 6) is 0.490.